The van der Waals surface area contributed by atoms with E-state index in [0.29, 0.717) is 19.5 Å². The molecule has 150 valence electrons. The lowest BCUT2D eigenvalue weighted by molar-refractivity contribution is -0.139. The van der Waals surface area contributed by atoms with Gasteiger partial charge in [0.05, 0.1) is 5.41 Å². The minimum Gasteiger partial charge on any atom is -0.349 e. The van der Waals surface area contributed by atoms with Crippen molar-refractivity contribution in [2.75, 3.05) is 13.1 Å². The third-order valence-corrected chi connectivity index (χ3v) is 5.76. The summed E-state index contributed by atoms with van der Waals surface area (Å²) in [6, 6.07) is 13.1. The Bertz CT molecular complexity index is 974. The number of nitrogens with zero attached hydrogens (tertiary/aromatic N) is 1. The molecule has 2 aromatic rings. The number of hydrogen-bond donors (Lipinski definition) is 2. The van der Waals surface area contributed by atoms with Crippen LogP contribution in [-0.2, 0) is 11.2 Å². The topological polar surface area (TPSA) is 82.3 Å². The predicted octanol–water partition coefficient (Wildman–Crippen LogP) is 2.28. The zero-order valence-electron chi connectivity index (χ0n) is 16.3. The zero-order chi connectivity index (χ0) is 20.3. The predicted molar refractivity (Wildman–Crippen MR) is 110 cm³/mol. The summed E-state index contributed by atoms with van der Waals surface area (Å²) in [6.07, 6.45) is 9.28. The molecule has 2 amide bonds. The van der Waals surface area contributed by atoms with Crippen molar-refractivity contribution in [1.82, 2.24) is 15.2 Å². The van der Waals surface area contributed by atoms with E-state index < -0.39 is 11.0 Å². The van der Waals surface area contributed by atoms with Gasteiger partial charge >= 0.3 is 0 Å². The van der Waals surface area contributed by atoms with E-state index in [4.69, 9.17) is 0 Å². The number of pyridine rings is 1. The van der Waals surface area contributed by atoms with E-state index in [1.807, 2.05) is 30.3 Å². The molecule has 0 spiro atoms. The summed E-state index contributed by atoms with van der Waals surface area (Å²) in [7, 11) is 0. The first-order valence-electron chi connectivity index (χ1n) is 10.1. The summed E-state index contributed by atoms with van der Waals surface area (Å²) in [5.74, 6) is -0.357. The Kier molecular flexibility index (Phi) is 5.34. The van der Waals surface area contributed by atoms with Crippen LogP contribution in [0.1, 0.15) is 35.2 Å². The first kappa shape index (κ1) is 19.2. The van der Waals surface area contributed by atoms with Gasteiger partial charge in [-0.15, -0.1) is 0 Å². The number of nitrogens with one attached hydrogen (secondary N) is 2. The number of carbonyl (C=O) groups is 2. The quantitative estimate of drug-likeness (QED) is 0.767. The molecule has 0 radical (unpaired) electrons. The largest absolute Gasteiger partial charge is 0.349 e. The molecule has 1 aromatic carbocycles. The lowest BCUT2D eigenvalue weighted by Crippen LogP contribution is -2.66. The molecule has 2 heterocycles. The third-order valence-electron chi connectivity index (χ3n) is 5.76. The number of hydrogen-bond acceptors (Lipinski definition) is 3. The number of amides is 2. The van der Waals surface area contributed by atoms with E-state index in [0.717, 1.165) is 24.8 Å². The summed E-state index contributed by atoms with van der Waals surface area (Å²) in [6.45, 7) is 0.606. The Morgan fingerprint density at radius 1 is 1.14 bits per heavy atom. The normalized spacial score (nSPS) is 20.0. The van der Waals surface area contributed by atoms with Crippen molar-refractivity contribution in [2.45, 2.75) is 31.7 Å². The minimum absolute atomic E-state index is 0.0241. The molecule has 1 aliphatic heterocycles. The molecule has 2 N–H and O–H groups in total. The van der Waals surface area contributed by atoms with Crippen LogP contribution in [0.4, 0.5) is 0 Å². The zero-order valence-corrected chi connectivity index (χ0v) is 16.3. The number of aromatic nitrogens is 1. The fourth-order valence-corrected chi connectivity index (χ4v) is 4.16. The number of likely N-dealkylation sites (tertiary alicyclic amines) is 1. The van der Waals surface area contributed by atoms with E-state index in [2.05, 4.69) is 22.5 Å². The Morgan fingerprint density at radius 3 is 2.62 bits per heavy atom. The second kappa shape index (κ2) is 8.07. The van der Waals surface area contributed by atoms with Crippen molar-refractivity contribution in [3.05, 3.63) is 82.3 Å². The van der Waals surface area contributed by atoms with Crippen LogP contribution in [0.5, 0.6) is 0 Å². The molecule has 1 fully saturated rings. The van der Waals surface area contributed by atoms with Crippen molar-refractivity contribution in [3.63, 3.8) is 0 Å². The van der Waals surface area contributed by atoms with E-state index in [-0.39, 0.29) is 23.4 Å². The highest BCUT2D eigenvalue weighted by molar-refractivity contribution is 5.96. The molecule has 1 saturated heterocycles. The lowest BCUT2D eigenvalue weighted by atomic mass is 9.73. The summed E-state index contributed by atoms with van der Waals surface area (Å²) in [4.78, 5) is 42.1. The molecule has 4 rings (SSSR count). The number of aromatic amines is 1. The average Bonchev–Trinajstić information content (AvgIpc) is 2.72. The van der Waals surface area contributed by atoms with Crippen LogP contribution in [0.3, 0.4) is 0 Å². The van der Waals surface area contributed by atoms with E-state index in [1.165, 1.54) is 12.3 Å². The van der Waals surface area contributed by atoms with Crippen LogP contribution in [0.15, 0.2) is 65.6 Å². The highest BCUT2D eigenvalue weighted by atomic mass is 16.2. The Morgan fingerprint density at radius 2 is 1.93 bits per heavy atom. The molecule has 0 saturated carbocycles. The summed E-state index contributed by atoms with van der Waals surface area (Å²) in [5, 5.41) is 3.16. The van der Waals surface area contributed by atoms with Gasteiger partial charge in [-0.3, -0.25) is 14.4 Å². The number of allylic oxidation sites excluding steroid dienone is 1. The Hall–Kier alpha value is -3.15. The number of H-pyrrole nitrogens is 1. The molecule has 6 heteroatoms. The van der Waals surface area contributed by atoms with Crippen LogP contribution >= 0.6 is 0 Å². The molecular formula is C23H25N3O3. The van der Waals surface area contributed by atoms with E-state index >= 15 is 0 Å². The van der Waals surface area contributed by atoms with E-state index in [9.17, 15) is 14.4 Å². The fraction of sp³-hybridized carbons (Fsp3) is 0.348. The van der Waals surface area contributed by atoms with Gasteiger partial charge < -0.3 is 15.2 Å². The average molecular weight is 391 g/mol. The van der Waals surface area contributed by atoms with E-state index in [1.54, 1.807) is 11.0 Å². The highest BCUT2D eigenvalue weighted by Gasteiger charge is 2.51. The lowest BCUT2D eigenvalue weighted by Gasteiger charge is -2.49. The van der Waals surface area contributed by atoms with Gasteiger partial charge in [-0.25, -0.2) is 0 Å². The van der Waals surface area contributed by atoms with Gasteiger partial charge in [-0.1, -0.05) is 42.5 Å². The van der Waals surface area contributed by atoms with Crippen LogP contribution in [0, 0.1) is 5.41 Å². The molecule has 1 aromatic heterocycles. The SMILES string of the molecule is O=C(c1ccc[nH]c1=O)N1CC(Cc2ccccc2)(C(=O)NC2C=CCCC2)C1. The van der Waals surface area contributed by atoms with Gasteiger partial charge in [-0.05, 0) is 43.4 Å². The second-order valence-corrected chi connectivity index (χ2v) is 7.96. The van der Waals surface area contributed by atoms with Gasteiger partial charge in [0.25, 0.3) is 11.5 Å². The first-order valence-corrected chi connectivity index (χ1v) is 10.1. The molecule has 0 bridgehead atoms. The van der Waals surface area contributed by atoms with Crippen molar-refractivity contribution in [2.24, 2.45) is 5.41 Å². The maximum absolute atomic E-state index is 13.2. The van der Waals surface area contributed by atoms with Crippen molar-refractivity contribution in [1.29, 1.82) is 0 Å². The van der Waals surface area contributed by atoms with Crippen molar-refractivity contribution in [3.8, 4) is 0 Å². The summed E-state index contributed by atoms with van der Waals surface area (Å²) >= 11 is 0. The van der Waals surface area contributed by atoms with Crippen LogP contribution in [-0.4, -0.2) is 40.8 Å². The van der Waals surface area contributed by atoms with Gasteiger partial charge in [0.1, 0.15) is 5.56 Å². The molecule has 29 heavy (non-hydrogen) atoms. The Labute approximate surface area is 169 Å². The van der Waals surface area contributed by atoms with Gasteiger partial charge in [0.2, 0.25) is 5.91 Å². The number of carbonyl (C=O) groups excluding carboxylic acids is 2. The standard InChI is InChI=1S/C23H25N3O3/c27-20-19(12-7-13-24-20)21(28)26-15-23(16-26,14-17-8-3-1-4-9-17)22(29)25-18-10-5-2-6-11-18/h1,3-5,7-10,12-13,18H,2,6,11,14-16H2,(H,24,27)(H,25,29). The monoisotopic (exact) mass is 391 g/mol. The van der Waals surface area contributed by atoms with Gasteiger partial charge in [-0.2, -0.15) is 0 Å². The fourth-order valence-electron chi connectivity index (χ4n) is 4.16. The van der Waals surface area contributed by atoms with Crippen LogP contribution in [0.25, 0.3) is 0 Å². The van der Waals surface area contributed by atoms with Crippen molar-refractivity contribution < 1.29 is 9.59 Å². The molecule has 1 unspecified atom stereocenters. The summed E-state index contributed by atoms with van der Waals surface area (Å²) < 4.78 is 0. The molecule has 6 nitrogen and oxygen atoms in total. The van der Waals surface area contributed by atoms with Crippen LogP contribution < -0.4 is 10.9 Å². The third kappa shape index (κ3) is 4.01. The van der Waals surface area contributed by atoms with Gasteiger partial charge in [0, 0.05) is 25.3 Å². The number of rotatable bonds is 5. The number of benzene rings is 1. The maximum Gasteiger partial charge on any atom is 0.260 e. The molecule has 1 atom stereocenters. The Balaban J connectivity index is 1.52. The molecule has 1 aliphatic carbocycles. The first-order chi connectivity index (χ1) is 14.1. The van der Waals surface area contributed by atoms with Gasteiger partial charge in [0.15, 0.2) is 0 Å². The molecular weight excluding hydrogens is 366 g/mol. The second-order valence-electron chi connectivity index (χ2n) is 7.96. The molecule has 2 aliphatic rings. The maximum atomic E-state index is 13.2. The highest BCUT2D eigenvalue weighted by Crippen LogP contribution is 2.36. The minimum atomic E-state index is -0.677. The van der Waals surface area contributed by atoms with Crippen LogP contribution in [0.2, 0.25) is 0 Å². The summed E-state index contributed by atoms with van der Waals surface area (Å²) in [5.41, 5.74) is 0.0851. The van der Waals surface area contributed by atoms with Crippen molar-refractivity contribution >= 4 is 11.8 Å². The smallest absolute Gasteiger partial charge is 0.260 e.